The fraction of sp³-hybridized carbons (Fsp3) is 0.0833. The second-order valence-electron chi connectivity index (χ2n) is 6.94. The number of anilines is 1. The number of hydrogen-bond acceptors (Lipinski definition) is 3. The summed E-state index contributed by atoms with van der Waals surface area (Å²) in [6.45, 7) is 1.80. The topological polar surface area (TPSA) is 56.0 Å². The van der Waals surface area contributed by atoms with Gasteiger partial charge in [-0.3, -0.25) is 14.3 Å². The number of thiophene rings is 1. The molecule has 0 aliphatic carbocycles. The van der Waals surface area contributed by atoms with Crippen molar-refractivity contribution < 1.29 is 4.79 Å². The molecule has 0 saturated heterocycles. The van der Waals surface area contributed by atoms with Gasteiger partial charge in [0, 0.05) is 33.5 Å². The molecule has 0 fully saturated rings. The summed E-state index contributed by atoms with van der Waals surface area (Å²) in [5, 5.41) is 3.42. The number of carbonyl (C=O) groups excluding carboxylic acids is 1. The van der Waals surface area contributed by atoms with E-state index in [9.17, 15) is 9.59 Å². The molecule has 2 heterocycles. The maximum atomic E-state index is 12.9. The van der Waals surface area contributed by atoms with Gasteiger partial charge in [-0.1, -0.05) is 48.0 Å². The maximum absolute atomic E-state index is 12.9. The van der Waals surface area contributed by atoms with Crippen LogP contribution in [0.25, 0.3) is 22.2 Å². The maximum Gasteiger partial charge on any atom is 0.295 e. The van der Waals surface area contributed by atoms with Gasteiger partial charge in [0.25, 0.3) is 5.56 Å². The Kier molecular flexibility index (Phi) is 5.93. The van der Waals surface area contributed by atoms with Crippen molar-refractivity contribution in [2.24, 2.45) is 7.05 Å². The Labute approximate surface area is 188 Å². The van der Waals surface area contributed by atoms with E-state index in [0.29, 0.717) is 10.7 Å². The molecule has 7 heteroatoms. The molecule has 0 atom stereocenters. The van der Waals surface area contributed by atoms with Crippen molar-refractivity contribution in [3.63, 3.8) is 0 Å². The number of carbonyl (C=O) groups is 1. The van der Waals surface area contributed by atoms with Gasteiger partial charge >= 0.3 is 0 Å². The van der Waals surface area contributed by atoms with E-state index in [1.165, 1.54) is 22.1 Å². The summed E-state index contributed by atoms with van der Waals surface area (Å²) in [4.78, 5) is 27.3. The van der Waals surface area contributed by atoms with E-state index in [2.05, 4.69) is 5.32 Å². The fourth-order valence-electron chi connectivity index (χ4n) is 3.28. The number of benzene rings is 2. The van der Waals surface area contributed by atoms with E-state index in [-0.39, 0.29) is 17.2 Å². The predicted molar refractivity (Wildman–Crippen MR) is 128 cm³/mol. The number of aromatic nitrogens is 2. The van der Waals surface area contributed by atoms with Crippen LogP contribution < -0.4 is 10.9 Å². The number of para-hydroxylation sites is 1. The van der Waals surface area contributed by atoms with Crippen molar-refractivity contribution in [1.29, 1.82) is 0 Å². The van der Waals surface area contributed by atoms with Crippen molar-refractivity contribution in [2.75, 3.05) is 5.32 Å². The van der Waals surface area contributed by atoms with Crippen LogP contribution in [-0.2, 0) is 11.8 Å². The Morgan fingerprint density at radius 1 is 1.03 bits per heavy atom. The molecule has 1 amide bonds. The third-order valence-corrected chi connectivity index (χ3v) is 6.38. The second-order valence-corrected chi connectivity index (χ2v) is 8.46. The number of hydrogen-bond donors (Lipinski definition) is 1. The zero-order valence-electron chi connectivity index (χ0n) is 17.0. The van der Waals surface area contributed by atoms with Crippen LogP contribution in [0, 0.1) is 6.92 Å². The number of nitrogens with one attached hydrogen (secondary N) is 1. The molecule has 4 aromatic rings. The molecule has 0 spiro atoms. The summed E-state index contributed by atoms with van der Waals surface area (Å²) < 4.78 is 3.26. The molecule has 0 unspecified atom stereocenters. The lowest BCUT2D eigenvalue weighted by Crippen LogP contribution is -2.22. The molecular weight excluding hydrogens is 430 g/mol. The first kappa shape index (κ1) is 20.9. The van der Waals surface area contributed by atoms with E-state index in [1.807, 2.05) is 66.7 Å². The molecule has 2 aromatic carbocycles. The van der Waals surface area contributed by atoms with Gasteiger partial charge in [-0.2, -0.15) is 0 Å². The van der Waals surface area contributed by atoms with Crippen LogP contribution in [0.1, 0.15) is 10.6 Å². The standard InChI is InChI=1S/C24H20ClN3O2S/c1-16-23(24(30)28(27(16)2)17-8-4-3-5-9-17)26-22(29)15-13-18-12-14-21(31-18)19-10-6-7-11-20(19)25/h3-15H,1-2H3,(H,26,29). The SMILES string of the molecule is Cc1c(NC(=O)C=Cc2ccc(-c3ccccc3Cl)s2)c(=O)n(-c2ccccc2)n1C. The third kappa shape index (κ3) is 4.26. The summed E-state index contributed by atoms with van der Waals surface area (Å²) >= 11 is 7.80. The van der Waals surface area contributed by atoms with Crippen LogP contribution in [0.5, 0.6) is 0 Å². The summed E-state index contributed by atoms with van der Waals surface area (Å²) in [5.41, 5.74) is 2.36. The van der Waals surface area contributed by atoms with Crippen LogP contribution in [0.15, 0.2) is 77.6 Å². The largest absolute Gasteiger partial charge is 0.316 e. The average Bonchev–Trinajstić information content (AvgIpc) is 3.32. The lowest BCUT2D eigenvalue weighted by molar-refractivity contribution is -0.111. The first-order valence-corrected chi connectivity index (χ1v) is 10.8. The lowest BCUT2D eigenvalue weighted by atomic mass is 10.2. The van der Waals surface area contributed by atoms with Gasteiger partial charge < -0.3 is 5.32 Å². The first-order chi connectivity index (χ1) is 15.0. The Hall–Kier alpha value is -3.35. The third-order valence-electron chi connectivity index (χ3n) is 4.97. The lowest BCUT2D eigenvalue weighted by Gasteiger charge is -2.07. The van der Waals surface area contributed by atoms with E-state index < -0.39 is 0 Å². The molecule has 4 rings (SSSR count). The minimum atomic E-state index is -0.362. The highest BCUT2D eigenvalue weighted by Gasteiger charge is 2.17. The van der Waals surface area contributed by atoms with Crippen molar-refractivity contribution in [3.05, 3.63) is 98.8 Å². The van der Waals surface area contributed by atoms with E-state index >= 15 is 0 Å². The molecule has 31 heavy (non-hydrogen) atoms. The van der Waals surface area contributed by atoms with Crippen LogP contribution in [0.2, 0.25) is 5.02 Å². The Balaban J connectivity index is 1.53. The quantitative estimate of drug-likeness (QED) is 0.408. The summed E-state index contributed by atoms with van der Waals surface area (Å²) in [7, 11) is 1.79. The zero-order chi connectivity index (χ0) is 22.0. The zero-order valence-corrected chi connectivity index (χ0v) is 18.6. The molecule has 5 nitrogen and oxygen atoms in total. The van der Waals surface area contributed by atoms with Crippen LogP contribution in [0.4, 0.5) is 5.69 Å². The highest BCUT2D eigenvalue weighted by molar-refractivity contribution is 7.16. The number of rotatable bonds is 5. The predicted octanol–water partition coefficient (Wildman–Crippen LogP) is 5.52. The highest BCUT2D eigenvalue weighted by atomic mass is 35.5. The Morgan fingerprint density at radius 3 is 2.48 bits per heavy atom. The van der Waals surface area contributed by atoms with Crippen LogP contribution in [0.3, 0.4) is 0 Å². The minimum absolute atomic E-state index is 0.268. The van der Waals surface area contributed by atoms with Gasteiger partial charge in [0.05, 0.1) is 11.4 Å². The monoisotopic (exact) mass is 449 g/mol. The van der Waals surface area contributed by atoms with Crippen LogP contribution in [-0.4, -0.2) is 15.3 Å². The van der Waals surface area contributed by atoms with Gasteiger partial charge in [0.15, 0.2) is 0 Å². The molecule has 1 N–H and O–H groups in total. The van der Waals surface area contributed by atoms with Crippen LogP contribution >= 0.6 is 22.9 Å². The Morgan fingerprint density at radius 2 is 1.74 bits per heavy atom. The fourth-order valence-corrected chi connectivity index (χ4v) is 4.53. The van der Waals surface area contributed by atoms with Gasteiger partial charge in [-0.15, -0.1) is 11.3 Å². The van der Waals surface area contributed by atoms with E-state index in [4.69, 9.17) is 11.6 Å². The number of amides is 1. The molecule has 0 aliphatic heterocycles. The molecule has 0 radical (unpaired) electrons. The highest BCUT2D eigenvalue weighted by Crippen LogP contribution is 2.33. The first-order valence-electron chi connectivity index (χ1n) is 9.63. The minimum Gasteiger partial charge on any atom is -0.316 e. The number of nitrogens with zero attached hydrogens (tertiary/aromatic N) is 2. The second kappa shape index (κ2) is 8.79. The van der Waals surface area contributed by atoms with E-state index in [1.54, 1.807) is 24.7 Å². The van der Waals surface area contributed by atoms with E-state index in [0.717, 1.165) is 21.0 Å². The molecule has 0 aliphatic rings. The van der Waals surface area contributed by atoms with Crippen molar-refractivity contribution in [2.45, 2.75) is 6.92 Å². The normalized spacial score (nSPS) is 11.2. The Bertz CT molecular complexity index is 1330. The molecular formula is C24H20ClN3O2S. The molecule has 2 aromatic heterocycles. The van der Waals surface area contributed by atoms with Crippen molar-refractivity contribution >= 4 is 40.6 Å². The molecule has 0 bridgehead atoms. The van der Waals surface area contributed by atoms with Gasteiger partial charge in [0.2, 0.25) is 5.91 Å². The summed E-state index contributed by atoms with van der Waals surface area (Å²) in [5.74, 6) is -0.362. The average molecular weight is 450 g/mol. The number of halogens is 1. The van der Waals surface area contributed by atoms with Gasteiger partial charge in [0.1, 0.15) is 5.69 Å². The van der Waals surface area contributed by atoms with Gasteiger partial charge in [-0.05, 0) is 43.3 Å². The van der Waals surface area contributed by atoms with Crippen molar-refractivity contribution in [1.82, 2.24) is 9.36 Å². The molecule has 0 saturated carbocycles. The summed E-state index contributed by atoms with van der Waals surface area (Å²) in [6.07, 6.45) is 3.16. The summed E-state index contributed by atoms with van der Waals surface area (Å²) in [6, 6.07) is 20.9. The molecule has 156 valence electrons. The smallest absolute Gasteiger partial charge is 0.295 e. The van der Waals surface area contributed by atoms with Crippen molar-refractivity contribution in [3.8, 4) is 16.1 Å². The van der Waals surface area contributed by atoms with Gasteiger partial charge in [-0.25, -0.2) is 4.68 Å².